The van der Waals surface area contributed by atoms with Crippen LogP contribution in [-0.4, -0.2) is 53.3 Å². The van der Waals surface area contributed by atoms with Gasteiger partial charge in [0.2, 0.25) is 0 Å². The van der Waals surface area contributed by atoms with Crippen LogP contribution in [0.4, 0.5) is 0 Å². The van der Waals surface area contributed by atoms with Gasteiger partial charge in [0.1, 0.15) is 23.9 Å². The van der Waals surface area contributed by atoms with Crippen molar-refractivity contribution < 1.29 is 33.3 Å². The summed E-state index contributed by atoms with van der Waals surface area (Å²) in [4.78, 5) is 37.7. The highest BCUT2D eigenvalue weighted by molar-refractivity contribution is 5.96. The van der Waals surface area contributed by atoms with Crippen LogP contribution in [0.3, 0.4) is 0 Å². The van der Waals surface area contributed by atoms with Gasteiger partial charge in [0.15, 0.2) is 11.4 Å². The Morgan fingerprint density at radius 3 is 2.52 bits per heavy atom. The molecular weight excluding hydrogens is 352 g/mol. The van der Waals surface area contributed by atoms with E-state index in [1.807, 2.05) is 6.92 Å². The minimum Gasteiger partial charge on any atom is -0.459 e. The molecule has 0 N–H and O–H groups in total. The first-order valence-corrected chi connectivity index (χ1v) is 9.27. The number of ketones is 1. The lowest BCUT2D eigenvalue weighted by Crippen LogP contribution is -2.42. The maximum absolute atomic E-state index is 12.8. The molecule has 0 bridgehead atoms. The molecule has 0 radical (unpaired) electrons. The van der Waals surface area contributed by atoms with Crippen molar-refractivity contribution in [3.63, 3.8) is 0 Å². The molecule has 9 atom stereocenters. The topological polar surface area (TPSA) is 94.7 Å². The largest absolute Gasteiger partial charge is 0.459 e. The summed E-state index contributed by atoms with van der Waals surface area (Å²) in [6, 6.07) is 0. The molecular formula is C20H22O7. The zero-order valence-corrected chi connectivity index (χ0v) is 15.5. The summed E-state index contributed by atoms with van der Waals surface area (Å²) in [5.41, 5.74) is -0.692. The molecule has 5 rings (SSSR count). The zero-order chi connectivity index (χ0) is 19.5. The Hall–Kier alpha value is -1.99. The normalized spacial score (nSPS) is 52.5. The summed E-state index contributed by atoms with van der Waals surface area (Å²) in [5, 5.41) is 0. The molecule has 4 unspecified atom stereocenters. The van der Waals surface area contributed by atoms with Gasteiger partial charge in [0.05, 0.1) is 17.9 Å². The first-order chi connectivity index (χ1) is 12.6. The van der Waals surface area contributed by atoms with Gasteiger partial charge in [-0.2, -0.15) is 0 Å². The minimum atomic E-state index is -0.976. The molecule has 3 heterocycles. The lowest BCUT2D eigenvalue weighted by molar-refractivity contribution is -0.159. The van der Waals surface area contributed by atoms with E-state index in [0.29, 0.717) is 5.57 Å². The van der Waals surface area contributed by atoms with E-state index in [-0.39, 0.29) is 29.8 Å². The third-order valence-corrected chi connectivity index (χ3v) is 7.14. The summed E-state index contributed by atoms with van der Waals surface area (Å²) >= 11 is 0. The van der Waals surface area contributed by atoms with Gasteiger partial charge in [-0.05, 0) is 20.8 Å². The van der Waals surface area contributed by atoms with E-state index >= 15 is 0 Å². The average molecular weight is 374 g/mol. The molecule has 0 aromatic heterocycles. The predicted molar refractivity (Wildman–Crippen MR) is 90.4 cm³/mol. The molecule has 5 fully saturated rings. The highest BCUT2D eigenvalue weighted by Gasteiger charge is 2.76. The molecule has 0 aromatic rings. The molecule has 0 amide bonds. The van der Waals surface area contributed by atoms with Crippen molar-refractivity contribution in [2.24, 2.45) is 17.8 Å². The van der Waals surface area contributed by atoms with E-state index in [4.69, 9.17) is 18.9 Å². The fourth-order valence-corrected chi connectivity index (χ4v) is 5.22. The van der Waals surface area contributed by atoms with E-state index in [2.05, 4.69) is 13.2 Å². The van der Waals surface area contributed by atoms with Crippen LogP contribution in [0.1, 0.15) is 27.2 Å². The second-order valence-electron chi connectivity index (χ2n) is 8.68. The number of hydrogen-bond acceptors (Lipinski definition) is 7. The van der Waals surface area contributed by atoms with E-state index in [1.165, 1.54) is 0 Å². The molecule has 2 aliphatic carbocycles. The number of carbonyl (C=O) groups is 3. The second kappa shape index (κ2) is 4.89. The first-order valence-electron chi connectivity index (χ1n) is 9.27. The summed E-state index contributed by atoms with van der Waals surface area (Å²) in [7, 11) is 0. The van der Waals surface area contributed by atoms with Gasteiger partial charge in [0.25, 0.3) is 0 Å². The van der Waals surface area contributed by atoms with Gasteiger partial charge in [-0.3, -0.25) is 4.79 Å². The third kappa shape index (κ3) is 2.01. The summed E-state index contributed by atoms with van der Waals surface area (Å²) in [6.45, 7) is 13.3. The Bertz CT molecular complexity index is 830. The highest BCUT2D eigenvalue weighted by atomic mass is 16.7. The predicted octanol–water partition coefficient (Wildman–Crippen LogP) is 1.11. The third-order valence-electron chi connectivity index (χ3n) is 7.14. The highest BCUT2D eigenvalue weighted by Crippen LogP contribution is 2.62. The number of esters is 2. The minimum absolute atomic E-state index is 0.0297. The van der Waals surface area contributed by atoms with Crippen molar-refractivity contribution in [3.05, 3.63) is 24.3 Å². The molecule has 2 saturated carbocycles. The fraction of sp³-hybridized carbons (Fsp3) is 0.650. The molecule has 7 heteroatoms. The number of fused-ring (bicyclic) bond motifs is 5. The molecule has 0 spiro atoms. The van der Waals surface area contributed by atoms with Crippen molar-refractivity contribution in [3.8, 4) is 0 Å². The van der Waals surface area contributed by atoms with Crippen LogP contribution in [0.25, 0.3) is 0 Å². The smallest absolute Gasteiger partial charge is 0.341 e. The van der Waals surface area contributed by atoms with Crippen LogP contribution in [0.15, 0.2) is 24.3 Å². The number of rotatable bonds is 2. The number of carbonyl (C=O) groups excluding carboxylic acids is 3. The maximum Gasteiger partial charge on any atom is 0.341 e. The number of hydrogen-bond donors (Lipinski definition) is 0. The van der Waals surface area contributed by atoms with Gasteiger partial charge in [-0.15, -0.1) is 0 Å². The molecule has 144 valence electrons. The number of epoxide rings is 2. The van der Waals surface area contributed by atoms with Gasteiger partial charge < -0.3 is 18.9 Å². The van der Waals surface area contributed by atoms with E-state index in [0.717, 1.165) is 0 Å². The molecule has 3 saturated heterocycles. The summed E-state index contributed by atoms with van der Waals surface area (Å²) < 4.78 is 22.4. The molecule has 3 aliphatic heterocycles. The quantitative estimate of drug-likeness (QED) is 0.309. The van der Waals surface area contributed by atoms with Crippen molar-refractivity contribution in [1.82, 2.24) is 0 Å². The van der Waals surface area contributed by atoms with Gasteiger partial charge in [-0.25, -0.2) is 9.59 Å². The molecule has 5 aliphatic rings. The Kier molecular flexibility index (Phi) is 3.10. The van der Waals surface area contributed by atoms with Gasteiger partial charge >= 0.3 is 11.9 Å². The van der Waals surface area contributed by atoms with Crippen molar-refractivity contribution >= 4 is 17.7 Å². The number of ether oxygens (including phenoxy) is 4. The average Bonchev–Trinajstić information content (AvgIpc) is 3.40. The van der Waals surface area contributed by atoms with Crippen molar-refractivity contribution in [1.29, 1.82) is 0 Å². The first kappa shape index (κ1) is 17.1. The maximum atomic E-state index is 12.8. The van der Waals surface area contributed by atoms with Crippen LogP contribution in [0.2, 0.25) is 0 Å². The lowest BCUT2D eigenvalue weighted by atomic mass is 9.78. The summed E-state index contributed by atoms with van der Waals surface area (Å²) in [5.74, 6) is -2.36. The van der Waals surface area contributed by atoms with E-state index in [9.17, 15) is 14.4 Å². The van der Waals surface area contributed by atoms with Crippen LogP contribution in [0, 0.1) is 17.8 Å². The Balaban J connectivity index is 1.51. The molecule has 0 aromatic carbocycles. The van der Waals surface area contributed by atoms with Crippen LogP contribution >= 0.6 is 0 Å². The van der Waals surface area contributed by atoms with Crippen molar-refractivity contribution in [2.45, 2.75) is 62.8 Å². The Morgan fingerprint density at radius 2 is 1.89 bits per heavy atom. The second-order valence-corrected chi connectivity index (χ2v) is 8.68. The zero-order valence-electron chi connectivity index (χ0n) is 15.5. The van der Waals surface area contributed by atoms with Crippen molar-refractivity contribution in [2.75, 3.05) is 0 Å². The SMILES string of the molecule is C=C1C[C@@H](OC(=O)C2(C)OC2C)[C@H]2C(=C)C(=O)O[C@@H]2[C@@H]2[C@H]1C(=O)C1OC12C. The standard InChI is InChI=1S/C20H22O7/c1-7-6-10(24-18(23)19(4)9(3)26-19)12-8(2)17(22)25-15(12)13-11(7)14(21)16-20(13,5)27-16/h9-13,15-16H,1-2,6H2,3-5H3/t9?,10-,11+,12-,13+,15+,16?,19?,20?/m1/s1. The molecule has 27 heavy (non-hydrogen) atoms. The fourth-order valence-electron chi connectivity index (χ4n) is 5.22. The van der Waals surface area contributed by atoms with E-state index in [1.54, 1.807) is 13.8 Å². The Labute approximate surface area is 156 Å². The monoisotopic (exact) mass is 374 g/mol. The van der Waals surface area contributed by atoms with Crippen LogP contribution in [0.5, 0.6) is 0 Å². The van der Waals surface area contributed by atoms with Crippen LogP contribution < -0.4 is 0 Å². The molecule has 7 nitrogen and oxygen atoms in total. The number of Topliss-reactive ketones (excluding diaryl/α,β-unsaturated/α-hetero) is 1. The Morgan fingerprint density at radius 1 is 1.22 bits per heavy atom. The lowest BCUT2D eigenvalue weighted by Gasteiger charge is -2.30. The van der Waals surface area contributed by atoms with Gasteiger partial charge in [0, 0.05) is 17.9 Å². The van der Waals surface area contributed by atoms with Gasteiger partial charge in [-0.1, -0.05) is 18.7 Å². The summed E-state index contributed by atoms with van der Waals surface area (Å²) in [6.07, 6.45) is -1.72. The van der Waals surface area contributed by atoms with E-state index < -0.39 is 53.3 Å². The van der Waals surface area contributed by atoms with Crippen LogP contribution in [-0.2, 0) is 33.3 Å².